The lowest BCUT2D eigenvalue weighted by atomic mass is 10.1. The van der Waals surface area contributed by atoms with Crippen molar-refractivity contribution in [2.45, 2.75) is 58.3 Å². The Balaban J connectivity index is 1.74. The average Bonchev–Trinajstić information content (AvgIpc) is 2.82. The highest BCUT2D eigenvalue weighted by atomic mass is 19.3. The highest BCUT2D eigenvalue weighted by Crippen LogP contribution is 2.29. The standard InChI is InChI=1S/C19H26F2N2O/c1-14-10-23-16(9-15-7-5-6-8-17(15)23)11-22(14)12-19(20,21)13-24-18(2,3)4/h5-9,14H,10-13H2,1-4H3/t14-/m1/s1. The van der Waals surface area contributed by atoms with Crippen LogP contribution in [-0.2, 0) is 17.8 Å². The molecule has 3 nitrogen and oxygen atoms in total. The number of benzene rings is 1. The molecule has 0 amide bonds. The van der Waals surface area contributed by atoms with E-state index in [4.69, 9.17) is 4.74 Å². The lowest BCUT2D eigenvalue weighted by Gasteiger charge is -2.37. The van der Waals surface area contributed by atoms with Crippen molar-refractivity contribution in [2.24, 2.45) is 0 Å². The third-order valence-electron chi connectivity index (χ3n) is 4.48. The number of hydrogen-bond donors (Lipinski definition) is 0. The van der Waals surface area contributed by atoms with Crippen molar-refractivity contribution in [1.29, 1.82) is 0 Å². The maximum absolute atomic E-state index is 14.3. The third kappa shape index (κ3) is 3.78. The van der Waals surface area contributed by atoms with Crippen molar-refractivity contribution < 1.29 is 13.5 Å². The van der Waals surface area contributed by atoms with E-state index in [1.807, 2.05) is 24.0 Å². The second-order valence-corrected chi connectivity index (χ2v) is 7.82. The van der Waals surface area contributed by atoms with Gasteiger partial charge in [0.2, 0.25) is 0 Å². The number of alkyl halides is 2. The monoisotopic (exact) mass is 336 g/mol. The quantitative estimate of drug-likeness (QED) is 0.828. The van der Waals surface area contributed by atoms with Crippen molar-refractivity contribution in [1.82, 2.24) is 9.47 Å². The smallest absolute Gasteiger partial charge is 0.283 e. The second kappa shape index (κ2) is 6.12. The first-order chi connectivity index (χ1) is 11.1. The Labute approximate surface area is 142 Å². The first-order valence-electron chi connectivity index (χ1n) is 8.48. The third-order valence-corrected chi connectivity index (χ3v) is 4.48. The molecular weight excluding hydrogens is 310 g/mol. The molecule has 1 aromatic heterocycles. The van der Waals surface area contributed by atoms with Gasteiger partial charge in [-0.15, -0.1) is 0 Å². The first-order valence-corrected chi connectivity index (χ1v) is 8.48. The number of para-hydroxylation sites is 1. The van der Waals surface area contributed by atoms with Crippen LogP contribution in [0, 0.1) is 0 Å². The molecular formula is C19H26F2N2O. The Morgan fingerprint density at radius 3 is 2.62 bits per heavy atom. The maximum atomic E-state index is 14.3. The number of halogens is 2. The molecule has 1 atom stereocenters. The van der Waals surface area contributed by atoms with Crippen LogP contribution in [0.5, 0.6) is 0 Å². The van der Waals surface area contributed by atoms with Crippen LogP contribution in [0.1, 0.15) is 33.4 Å². The molecule has 1 aromatic carbocycles. The molecule has 2 aromatic rings. The minimum Gasteiger partial charge on any atom is -0.370 e. The van der Waals surface area contributed by atoms with Crippen LogP contribution in [0.25, 0.3) is 10.9 Å². The molecule has 132 valence electrons. The molecule has 0 spiro atoms. The van der Waals surface area contributed by atoms with E-state index in [0.717, 1.165) is 12.2 Å². The molecule has 5 heteroatoms. The minimum absolute atomic E-state index is 0.0637. The molecule has 1 aliphatic heterocycles. The summed E-state index contributed by atoms with van der Waals surface area (Å²) in [4.78, 5) is 1.86. The van der Waals surface area contributed by atoms with Gasteiger partial charge >= 0.3 is 0 Å². The van der Waals surface area contributed by atoms with Gasteiger partial charge in [-0.1, -0.05) is 18.2 Å². The second-order valence-electron chi connectivity index (χ2n) is 7.82. The predicted molar refractivity (Wildman–Crippen MR) is 92.5 cm³/mol. The van der Waals surface area contributed by atoms with Gasteiger partial charge in [-0.05, 0) is 45.2 Å². The summed E-state index contributed by atoms with van der Waals surface area (Å²) in [5, 5.41) is 1.17. The Morgan fingerprint density at radius 1 is 1.21 bits per heavy atom. The highest BCUT2D eigenvalue weighted by molar-refractivity contribution is 5.81. The summed E-state index contributed by atoms with van der Waals surface area (Å²) in [6.07, 6.45) is 0. The summed E-state index contributed by atoms with van der Waals surface area (Å²) in [6.45, 7) is 7.87. The fourth-order valence-electron chi connectivity index (χ4n) is 3.23. The van der Waals surface area contributed by atoms with Gasteiger partial charge in [0, 0.05) is 30.3 Å². The first kappa shape index (κ1) is 17.4. The van der Waals surface area contributed by atoms with Crippen molar-refractivity contribution in [3.8, 4) is 0 Å². The summed E-state index contributed by atoms with van der Waals surface area (Å²) in [7, 11) is 0. The molecule has 3 rings (SSSR count). The molecule has 0 saturated carbocycles. The molecule has 0 fully saturated rings. The van der Waals surface area contributed by atoms with Crippen LogP contribution in [0.3, 0.4) is 0 Å². The van der Waals surface area contributed by atoms with Crippen LogP contribution in [0.15, 0.2) is 30.3 Å². The Morgan fingerprint density at radius 2 is 1.92 bits per heavy atom. The van der Waals surface area contributed by atoms with Gasteiger partial charge in [-0.3, -0.25) is 4.90 Å². The van der Waals surface area contributed by atoms with Crippen LogP contribution >= 0.6 is 0 Å². The molecule has 24 heavy (non-hydrogen) atoms. The molecule has 1 aliphatic rings. The lowest BCUT2D eigenvalue weighted by Crippen LogP contribution is -2.48. The number of nitrogens with zero attached hydrogens (tertiary/aromatic N) is 2. The number of ether oxygens (including phenoxy) is 1. The van der Waals surface area contributed by atoms with E-state index >= 15 is 0 Å². The van der Waals surface area contributed by atoms with E-state index in [2.05, 4.69) is 22.8 Å². The van der Waals surface area contributed by atoms with E-state index in [0.29, 0.717) is 6.54 Å². The molecule has 0 N–H and O–H groups in total. The Bertz CT molecular complexity index is 718. The van der Waals surface area contributed by atoms with Gasteiger partial charge in [0.15, 0.2) is 0 Å². The summed E-state index contributed by atoms with van der Waals surface area (Å²) in [5.74, 6) is -2.85. The number of aromatic nitrogens is 1. The number of hydrogen-bond acceptors (Lipinski definition) is 2. The summed E-state index contributed by atoms with van der Waals surface area (Å²) < 4.78 is 36.2. The lowest BCUT2D eigenvalue weighted by molar-refractivity contribution is -0.138. The van der Waals surface area contributed by atoms with Gasteiger partial charge in [-0.2, -0.15) is 0 Å². The Kier molecular flexibility index (Phi) is 4.43. The van der Waals surface area contributed by atoms with E-state index in [-0.39, 0.29) is 12.6 Å². The number of rotatable bonds is 4. The van der Waals surface area contributed by atoms with Gasteiger partial charge in [0.1, 0.15) is 6.61 Å². The zero-order chi connectivity index (χ0) is 17.5. The van der Waals surface area contributed by atoms with Gasteiger partial charge < -0.3 is 9.30 Å². The molecule has 0 bridgehead atoms. The van der Waals surface area contributed by atoms with Crippen LogP contribution < -0.4 is 0 Å². The SMILES string of the molecule is C[C@@H]1Cn2c(cc3ccccc32)CN1CC(F)(F)COC(C)(C)C. The highest BCUT2D eigenvalue weighted by Gasteiger charge is 2.37. The zero-order valence-electron chi connectivity index (χ0n) is 14.9. The average molecular weight is 336 g/mol. The van der Waals surface area contributed by atoms with Gasteiger partial charge in [0.05, 0.1) is 12.1 Å². The van der Waals surface area contributed by atoms with Crippen molar-refractivity contribution >= 4 is 10.9 Å². The van der Waals surface area contributed by atoms with Gasteiger partial charge in [0.25, 0.3) is 5.92 Å². The summed E-state index contributed by atoms with van der Waals surface area (Å²) >= 11 is 0. The summed E-state index contributed by atoms with van der Waals surface area (Å²) in [6, 6.07) is 10.4. The fraction of sp³-hybridized carbons (Fsp3) is 0.579. The van der Waals surface area contributed by atoms with Crippen molar-refractivity contribution in [3.05, 3.63) is 36.0 Å². The number of fused-ring (bicyclic) bond motifs is 3. The largest absolute Gasteiger partial charge is 0.370 e. The van der Waals surface area contributed by atoms with Crippen LogP contribution in [-0.4, -0.2) is 40.2 Å². The zero-order valence-corrected chi connectivity index (χ0v) is 14.9. The van der Waals surface area contributed by atoms with E-state index < -0.39 is 18.1 Å². The van der Waals surface area contributed by atoms with Crippen molar-refractivity contribution in [3.63, 3.8) is 0 Å². The molecule has 0 aliphatic carbocycles. The molecule has 0 saturated heterocycles. The van der Waals surface area contributed by atoms with E-state index in [1.54, 1.807) is 20.8 Å². The maximum Gasteiger partial charge on any atom is 0.283 e. The van der Waals surface area contributed by atoms with Crippen LogP contribution in [0.2, 0.25) is 0 Å². The Hall–Kier alpha value is -1.46. The van der Waals surface area contributed by atoms with E-state index in [9.17, 15) is 8.78 Å². The molecule has 2 heterocycles. The topological polar surface area (TPSA) is 17.4 Å². The summed E-state index contributed by atoms with van der Waals surface area (Å²) in [5.41, 5.74) is 1.73. The van der Waals surface area contributed by atoms with Crippen molar-refractivity contribution in [2.75, 3.05) is 13.2 Å². The van der Waals surface area contributed by atoms with E-state index in [1.165, 1.54) is 10.9 Å². The normalized spacial score (nSPS) is 19.7. The minimum atomic E-state index is -2.85. The fourth-order valence-corrected chi connectivity index (χ4v) is 3.23. The molecule has 0 unspecified atom stereocenters. The molecule has 0 radical (unpaired) electrons. The van der Waals surface area contributed by atoms with Gasteiger partial charge in [-0.25, -0.2) is 8.78 Å². The predicted octanol–water partition coefficient (Wildman–Crippen LogP) is 4.30. The van der Waals surface area contributed by atoms with Crippen LogP contribution in [0.4, 0.5) is 8.78 Å².